The van der Waals surface area contributed by atoms with Gasteiger partial charge in [0.2, 0.25) is 0 Å². The van der Waals surface area contributed by atoms with Crippen LogP contribution in [0.15, 0.2) is 79.0 Å². The maximum Gasteiger partial charge on any atom is 0 e. The van der Waals surface area contributed by atoms with E-state index in [0.717, 1.165) is 12.2 Å². The van der Waals surface area contributed by atoms with E-state index in [2.05, 4.69) is 62.2 Å². The van der Waals surface area contributed by atoms with E-state index in [0.29, 0.717) is 0 Å². The topological polar surface area (TPSA) is 71.7 Å². The van der Waals surface area contributed by atoms with Crippen molar-refractivity contribution in [1.29, 1.82) is 0 Å². The van der Waals surface area contributed by atoms with Gasteiger partial charge in [-0.05, 0) is 17.2 Å². The zero-order valence-electron chi connectivity index (χ0n) is 13.4. The molecule has 0 amide bonds. The number of nitrogens with one attached hydrogen (secondary N) is 1. The Labute approximate surface area is 159 Å². The van der Waals surface area contributed by atoms with Crippen LogP contribution in [0.25, 0.3) is 6.08 Å². The third kappa shape index (κ3) is 14.8. The normalized spacial score (nSPS) is 7.76. The van der Waals surface area contributed by atoms with E-state index in [1.807, 2.05) is 42.5 Å². The number of benzene rings is 2. The predicted molar refractivity (Wildman–Crippen MR) is 89.7 cm³/mol. The number of hydrogen-bond donors (Lipinski definition) is 1. The second-order valence-corrected chi connectivity index (χ2v) is 4.11. The van der Waals surface area contributed by atoms with Crippen molar-refractivity contribution in [2.75, 3.05) is 0 Å². The largest absolute Gasteiger partial charge is 0 e. The fourth-order valence-corrected chi connectivity index (χ4v) is 1.63. The van der Waals surface area contributed by atoms with Crippen LogP contribution in [0, 0.1) is 20.0 Å². The molecule has 5 heteroatoms. The molecular weight excluding hydrogens is 358 g/mol. The van der Waals surface area contributed by atoms with Gasteiger partial charge >= 0.3 is 33.9 Å². The Morgan fingerprint density at radius 1 is 0.840 bits per heavy atom. The average Bonchev–Trinajstić information content (AvgIpc) is 2.71. The van der Waals surface area contributed by atoms with Gasteiger partial charge in [-0.1, -0.05) is 73.3 Å². The van der Waals surface area contributed by atoms with Crippen LogP contribution in [0.3, 0.4) is 0 Å². The Hall–Kier alpha value is -2.54. The molecule has 0 aliphatic heterocycles. The molecule has 0 spiro atoms. The molecule has 4 nitrogen and oxygen atoms in total. The fraction of sp³-hybridized carbons (Fsp3) is 0.0500. The van der Waals surface area contributed by atoms with Crippen molar-refractivity contribution in [3.63, 3.8) is 0 Å². The summed E-state index contributed by atoms with van der Waals surface area (Å²) in [7, 11) is 0. The second-order valence-electron chi connectivity index (χ2n) is 4.11. The first-order valence-electron chi connectivity index (χ1n) is 6.66. The van der Waals surface area contributed by atoms with Gasteiger partial charge in [-0.2, -0.15) is 0 Å². The van der Waals surface area contributed by atoms with Crippen LogP contribution < -0.4 is 5.32 Å². The molecule has 0 bridgehead atoms. The summed E-state index contributed by atoms with van der Waals surface area (Å²) < 4.78 is 22.5. The molecule has 0 saturated carbocycles. The van der Waals surface area contributed by atoms with Gasteiger partial charge < -0.3 is 5.32 Å². The van der Waals surface area contributed by atoms with E-state index in [4.69, 9.17) is 14.0 Å². The van der Waals surface area contributed by atoms with Gasteiger partial charge in [-0.25, -0.2) is 0 Å². The molecule has 0 fully saturated rings. The summed E-state index contributed by atoms with van der Waals surface area (Å²) in [6, 6.07) is 20.5. The Bertz CT molecular complexity index is 633. The van der Waals surface area contributed by atoms with Crippen LogP contribution in [-0.2, 0) is 37.6 Å². The van der Waals surface area contributed by atoms with Gasteiger partial charge in [0.05, 0.1) is 0 Å². The molecule has 0 aliphatic carbocycles. The van der Waals surface area contributed by atoms with Crippen molar-refractivity contribution >= 4 is 6.08 Å². The summed E-state index contributed by atoms with van der Waals surface area (Å²) in [6.45, 7) is 18.3. The molecule has 0 heterocycles. The monoisotopic (exact) mass is 375 g/mol. The van der Waals surface area contributed by atoms with Crippen LogP contribution in [0.2, 0.25) is 0 Å². The molecular formula is C20H17FeNO3. The van der Waals surface area contributed by atoms with Crippen molar-refractivity contribution in [3.05, 3.63) is 110 Å². The molecule has 128 valence electrons. The Morgan fingerprint density at radius 2 is 1.28 bits per heavy atom. The first-order valence-corrected chi connectivity index (χ1v) is 6.66. The van der Waals surface area contributed by atoms with Crippen molar-refractivity contribution in [1.82, 2.24) is 5.32 Å². The predicted octanol–water partition coefficient (Wildman–Crippen LogP) is 3.89. The van der Waals surface area contributed by atoms with E-state index < -0.39 is 0 Å². The number of allylic oxidation sites excluding steroid dienone is 1. The molecule has 0 saturated heterocycles. The zero-order valence-corrected chi connectivity index (χ0v) is 14.5. The van der Waals surface area contributed by atoms with Gasteiger partial charge in [0.1, 0.15) is 0 Å². The van der Waals surface area contributed by atoms with Gasteiger partial charge in [0.25, 0.3) is 0 Å². The Morgan fingerprint density at radius 3 is 1.76 bits per heavy atom. The minimum Gasteiger partial charge on any atom is 0 e. The van der Waals surface area contributed by atoms with Gasteiger partial charge in [0.15, 0.2) is 0 Å². The fourth-order valence-electron chi connectivity index (χ4n) is 1.63. The third-order valence-electron chi connectivity index (χ3n) is 2.64. The molecule has 1 N–H and O–H groups in total. The van der Waals surface area contributed by atoms with E-state index >= 15 is 0 Å². The van der Waals surface area contributed by atoms with Crippen molar-refractivity contribution < 1.29 is 31.0 Å². The van der Waals surface area contributed by atoms with Crippen LogP contribution in [-0.4, -0.2) is 0 Å². The molecule has 0 aromatic heterocycles. The van der Waals surface area contributed by atoms with Crippen LogP contribution in [0.1, 0.15) is 11.1 Å². The van der Waals surface area contributed by atoms with Gasteiger partial charge in [0, 0.05) is 29.3 Å². The summed E-state index contributed by atoms with van der Waals surface area (Å²) in [5.74, 6) is 0. The number of hydrogen-bond acceptors (Lipinski definition) is 1. The summed E-state index contributed by atoms with van der Waals surface area (Å²) in [4.78, 5) is 0. The molecule has 0 unspecified atom stereocenters. The molecule has 2 aromatic rings. The number of rotatable bonds is 5. The maximum absolute atomic E-state index is 7.50. The second kappa shape index (κ2) is 21.5. The van der Waals surface area contributed by atoms with E-state index in [1.54, 1.807) is 0 Å². The first-order chi connectivity index (χ1) is 11.8. The molecule has 0 atom stereocenters. The van der Waals surface area contributed by atoms with Gasteiger partial charge in [-0.15, -0.1) is 0 Å². The standard InChI is InChI=1S/C17H17N.3CO.Fe/c1-15(12-13-16-8-4-2-5-9-16)18-14-17-10-6-3-7-11-17;3*1-2;/h2-13,18H,1,14H2;;;;/b13-12+;;;;. The summed E-state index contributed by atoms with van der Waals surface area (Å²) in [5.41, 5.74) is 3.36. The molecule has 2 aromatic carbocycles. The quantitative estimate of drug-likeness (QED) is 0.366. The van der Waals surface area contributed by atoms with Crippen LogP contribution in [0.5, 0.6) is 0 Å². The minimum atomic E-state index is 0. The molecule has 0 aliphatic rings. The summed E-state index contributed by atoms with van der Waals surface area (Å²) in [6.07, 6.45) is 4.05. The van der Waals surface area contributed by atoms with E-state index in [1.165, 1.54) is 11.1 Å². The van der Waals surface area contributed by atoms with Crippen molar-refractivity contribution in [2.24, 2.45) is 0 Å². The molecule has 25 heavy (non-hydrogen) atoms. The molecule has 0 radical (unpaired) electrons. The Kier molecular flexibility index (Phi) is 23.4. The van der Waals surface area contributed by atoms with Crippen LogP contribution in [0.4, 0.5) is 0 Å². The molecule has 2 rings (SSSR count). The van der Waals surface area contributed by atoms with Gasteiger partial charge in [-0.3, -0.25) is 0 Å². The van der Waals surface area contributed by atoms with E-state index in [9.17, 15) is 0 Å². The first kappa shape index (κ1) is 27.3. The summed E-state index contributed by atoms with van der Waals surface area (Å²) in [5, 5.41) is 3.29. The third-order valence-corrected chi connectivity index (χ3v) is 2.64. The zero-order chi connectivity index (χ0) is 18.6. The SMILES string of the molecule is C=C(/C=C/c1ccccc1)NCc1ccccc1.[C-]#[O+].[C-]#[O+].[C-]#[O+].[Fe]. The van der Waals surface area contributed by atoms with Crippen molar-refractivity contribution in [2.45, 2.75) is 6.54 Å². The average molecular weight is 375 g/mol. The van der Waals surface area contributed by atoms with Crippen molar-refractivity contribution in [3.8, 4) is 0 Å². The summed E-state index contributed by atoms with van der Waals surface area (Å²) >= 11 is 0. The Balaban J connectivity index is -0.000000626. The smallest absolute Gasteiger partial charge is 0 e. The maximum atomic E-state index is 7.50. The van der Waals surface area contributed by atoms with E-state index in [-0.39, 0.29) is 17.1 Å². The minimum absolute atomic E-state index is 0. The van der Waals surface area contributed by atoms with Crippen LogP contribution >= 0.6 is 0 Å².